The van der Waals surface area contributed by atoms with Crippen LogP contribution in [0.25, 0.3) is 5.65 Å². The topological polar surface area (TPSA) is 17.3 Å². The molecule has 0 unspecified atom stereocenters. The van der Waals surface area contributed by atoms with E-state index in [1.165, 1.54) is 29.9 Å². The van der Waals surface area contributed by atoms with E-state index in [1.807, 2.05) is 0 Å². The molecule has 0 N–H and O–H groups in total. The molecule has 0 saturated heterocycles. The molecule has 14 heavy (non-hydrogen) atoms. The van der Waals surface area contributed by atoms with Gasteiger partial charge in [-0.25, -0.2) is 4.98 Å². The Bertz CT molecular complexity index is 492. The monoisotopic (exact) mass is 186 g/mol. The normalized spacial score (nSPS) is 16.4. The van der Waals surface area contributed by atoms with Crippen LogP contribution in [-0.2, 0) is 0 Å². The summed E-state index contributed by atoms with van der Waals surface area (Å²) in [4.78, 5) is 4.70. The van der Waals surface area contributed by atoms with Crippen LogP contribution in [0, 0.1) is 13.8 Å². The third-order valence-electron chi connectivity index (χ3n) is 3.07. The van der Waals surface area contributed by atoms with Gasteiger partial charge >= 0.3 is 0 Å². The lowest BCUT2D eigenvalue weighted by atomic mass is 10.2. The minimum absolute atomic E-state index is 0.745. The SMILES string of the molecule is Cc1cccc2nc(C3CC3)c(C)n12. The molecule has 0 aromatic carbocycles. The zero-order valence-corrected chi connectivity index (χ0v) is 8.62. The predicted molar refractivity (Wildman–Crippen MR) is 56.6 cm³/mol. The number of aromatic nitrogens is 2. The second-order valence-electron chi connectivity index (χ2n) is 4.22. The maximum absolute atomic E-state index is 4.70. The molecule has 2 heteroatoms. The van der Waals surface area contributed by atoms with Crippen LogP contribution in [0.2, 0.25) is 0 Å². The highest BCUT2D eigenvalue weighted by molar-refractivity contribution is 5.46. The van der Waals surface area contributed by atoms with E-state index in [2.05, 4.69) is 36.4 Å². The Balaban J connectivity index is 2.34. The van der Waals surface area contributed by atoms with E-state index >= 15 is 0 Å². The van der Waals surface area contributed by atoms with Crippen molar-refractivity contribution in [2.75, 3.05) is 0 Å². The first-order valence-corrected chi connectivity index (χ1v) is 5.22. The number of pyridine rings is 1. The zero-order chi connectivity index (χ0) is 9.71. The van der Waals surface area contributed by atoms with Crippen molar-refractivity contribution in [3.63, 3.8) is 0 Å². The van der Waals surface area contributed by atoms with Crippen molar-refractivity contribution in [3.8, 4) is 0 Å². The van der Waals surface area contributed by atoms with Crippen LogP contribution in [0.1, 0.15) is 35.8 Å². The average molecular weight is 186 g/mol. The maximum Gasteiger partial charge on any atom is 0.137 e. The van der Waals surface area contributed by atoms with E-state index < -0.39 is 0 Å². The first-order chi connectivity index (χ1) is 6.77. The Labute approximate surface area is 83.6 Å². The van der Waals surface area contributed by atoms with Crippen LogP contribution in [0.5, 0.6) is 0 Å². The average Bonchev–Trinajstić information content (AvgIpc) is 2.93. The lowest BCUT2D eigenvalue weighted by Crippen LogP contribution is -1.92. The molecular formula is C12H14N2. The van der Waals surface area contributed by atoms with E-state index in [-0.39, 0.29) is 0 Å². The van der Waals surface area contributed by atoms with Crippen LogP contribution >= 0.6 is 0 Å². The minimum Gasteiger partial charge on any atom is -0.301 e. The lowest BCUT2D eigenvalue weighted by Gasteiger charge is -2.01. The zero-order valence-electron chi connectivity index (χ0n) is 8.62. The fraction of sp³-hybridized carbons (Fsp3) is 0.417. The quantitative estimate of drug-likeness (QED) is 0.669. The largest absolute Gasteiger partial charge is 0.301 e. The summed E-state index contributed by atoms with van der Waals surface area (Å²) in [6.07, 6.45) is 2.65. The van der Waals surface area contributed by atoms with E-state index in [4.69, 9.17) is 4.98 Å². The van der Waals surface area contributed by atoms with Crippen molar-refractivity contribution in [2.24, 2.45) is 0 Å². The van der Waals surface area contributed by atoms with E-state index in [9.17, 15) is 0 Å². The summed E-state index contributed by atoms with van der Waals surface area (Å²) >= 11 is 0. The number of fused-ring (bicyclic) bond motifs is 1. The second kappa shape index (κ2) is 2.59. The number of nitrogens with zero attached hydrogens (tertiary/aromatic N) is 2. The molecule has 1 aliphatic carbocycles. The Morgan fingerprint density at radius 1 is 1.29 bits per heavy atom. The Morgan fingerprint density at radius 3 is 2.71 bits per heavy atom. The number of hydrogen-bond donors (Lipinski definition) is 0. The molecule has 1 saturated carbocycles. The van der Waals surface area contributed by atoms with Gasteiger partial charge in [0.15, 0.2) is 0 Å². The molecule has 1 aliphatic rings. The molecular weight excluding hydrogens is 172 g/mol. The van der Waals surface area contributed by atoms with Gasteiger partial charge < -0.3 is 4.40 Å². The molecule has 2 nitrogen and oxygen atoms in total. The number of aryl methyl sites for hydroxylation is 2. The predicted octanol–water partition coefficient (Wildman–Crippen LogP) is 2.83. The Hall–Kier alpha value is -1.31. The summed E-state index contributed by atoms with van der Waals surface area (Å²) in [7, 11) is 0. The van der Waals surface area contributed by atoms with Crippen LogP contribution in [0.15, 0.2) is 18.2 Å². The molecule has 1 fully saturated rings. The molecule has 72 valence electrons. The summed E-state index contributed by atoms with van der Waals surface area (Å²) in [5.41, 5.74) is 5.03. The van der Waals surface area contributed by atoms with Crippen molar-refractivity contribution in [3.05, 3.63) is 35.3 Å². The molecule has 0 amide bonds. The number of imidazole rings is 1. The lowest BCUT2D eigenvalue weighted by molar-refractivity contribution is 0.989. The van der Waals surface area contributed by atoms with E-state index in [0.717, 1.165) is 11.6 Å². The van der Waals surface area contributed by atoms with Gasteiger partial charge in [0.05, 0.1) is 5.69 Å². The molecule has 2 aromatic rings. The van der Waals surface area contributed by atoms with Gasteiger partial charge in [0, 0.05) is 17.3 Å². The molecule has 0 atom stereocenters. The van der Waals surface area contributed by atoms with Crippen molar-refractivity contribution in [1.82, 2.24) is 9.38 Å². The fourth-order valence-electron chi connectivity index (χ4n) is 2.19. The second-order valence-corrected chi connectivity index (χ2v) is 4.22. The minimum atomic E-state index is 0.745. The first-order valence-electron chi connectivity index (χ1n) is 5.22. The van der Waals surface area contributed by atoms with Gasteiger partial charge in [0.1, 0.15) is 5.65 Å². The van der Waals surface area contributed by atoms with Gasteiger partial charge in [-0.2, -0.15) is 0 Å². The van der Waals surface area contributed by atoms with Crippen LogP contribution in [-0.4, -0.2) is 9.38 Å². The highest BCUT2D eigenvalue weighted by Gasteiger charge is 2.28. The Morgan fingerprint density at radius 2 is 2.07 bits per heavy atom. The number of hydrogen-bond acceptors (Lipinski definition) is 1. The van der Waals surface area contributed by atoms with Gasteiger partial charge in [0.2, 0.25) is 0 Å². The third-order valence-corrected chi connectivity index (χ3v) is 3.07. The van der Waals surface area contributed by atoms with Crippen molar-refractivity contribution in [1.29, 1.82) is 0 Å². The van der Waals surface area contributed by atoms with Gasteiger partial charge in [-0.05, 0) is 38.8 Å². The first kappa shape index (κ1) is 8.04. The van der Waals surface area contributed by atoms with Crippen molar-refractivity contribution in [2.45, 2.75) is 32.6 Å². The van der Waals surface area contributed by atoms with Crippen LogP contribution < -0.4 is 0 Å². The molecule has 3 rings (SSSR count). The number of rotatable bonds is 1. The highest BCUT2D eigenvalue weighted by atomic mass is 15.0. The van der Waals surface area contributed by atoms with Gasteiger partial charge in [-0.15, -0.1) is 0 Å². The standard InChI is InChI=1S/C12H14N2/c1-8-4-3-5-11-13-12(10-6-7-10)9(2)14(8)11/h3-5,10H,6-7H2,1-2H3. The molecule has 0 radical (unpaired) electrons. The van der Waals surface area contributed by atoms with Crippen molar-refractivity contribution < 1.29 is 0 Å². The van der Waals surface area contributed by atoms with Gasteiger partial charge in [-0.3, -0.25) is 0 Å². The summed E-state index contributed by atoms with van der Waals surface area (Å²) in [5, 5.41) is 0. The highest BCUT2D eigenvalue weighted by Crippen LogP contribution is 2.41. The molecule has 2 heterocycles. The smallest absolute Gasteiger partial charge is 0.137 e. The summed E-state index contributed by atoms with van der Waals surface area (Å²) < 4.78 is 2.26. The molecule has 0 spiro atoms. The van der Waals surface area contributed by atoms with Gasteiger partial charge in [0.25, 0.3) is 0 Å². The van der Waals surface area contributed by atoms with E-state index in [1.54, 1.807) is 0 Å². The molecule has 0 aliphatic heterocycles. The summed E-state index contributed by atoms with van der Waals surface area (Å²) in [6.45, 7) is 4.32. The Kier molecular flexibility index (Phi) is 1.49. The van der Waals surface area contributed by atoms with Gasteiger partial charge in [-0.1, -0.05) is 6.07 Å². The van der Waals surface area contributed by atoms with Crippen LogP contribution in [0.4, 0.5) is 0 Å². The maximum atomic E-state index is 4.70. The fourth-order valence-corrected chi connectivity index (χ4v) is 2.19. The van der Waals surface area contributed by atoms with Crippen LogP contribution in [0.3, 0.4) is 0 Å². The van der Waals surface area contributed by atoms with E-state index in [0.29, 0.717) is 0 Å². The molecule has 2 aromatic heterocycles. The third kappa shape index (κ3) is 0.999. The van der Waals surface area contributed by atoms with Crippen molar-refractivity contribution >= 4 is 5.65 Å². The summed E-state index contributed by atoms with van der Waals surface area (Å²) in [6, 6.07) is 6.30. The summed E-state index contributed by atoms with van der Waals surface area (Å²) in [5.74, 6) is 0.745. The molecule has 0 bridgehead atoms.